The molecule has 2 rings (SSSR count). The Morgan fingerprint density at radius 3 is 2.42 bits per heavy atom. The maximum Gasteiger partial charge on any atom is 0.115 e. The van der Waals surface area contributed by atoms with Crippen molar-refractivity contribution in [3.63, 3.8) is 0 Å². The van der Waals surface area contributed by atoms with Crippen molar-refractivity contribution >= 4 is 0 Å². The first-order valence-electron chi connectivity index (χ1n) is 6.35. The van der Waals surface area contributed by atoms with Gasteiger partial charge in [0.05, 0.1) is 17.4 Å². The molecule has 0 aliphatic heterocycles. The predicted octanol–water partition coefficient (Wildman–Crippen LogP) is 2.03. The molecule has 0 unspecified atom stereocenters. The summed E-state index contributed by atoms with van der Waals surface area (Å²) in [5.74, 6) is 0.289. The van der Waals surface area contributed by atoms with Crippen LogP contribution in [0.15, 0.2) is 30.5 Å². The normalized spacial score (nSPS) is 11.7. The molecule has 1 aromatic carbocycles. The summed E-state index contributed by atoms with van der Waals surface area (Å²) in [6, 6.07) is 7.17. The number of nitrogens with one attached hydrogen (secondary N) is 1. The van der Waals surface area contributed by atoms with E-state index in [0.717, 1.165) is 17.8 Å². The molecule has 5 heteroatoms. The lowest BCUT2D eigenvalue weighted by molar-refractivity contribution is 0.347. The Kier molecular flexibility index (Phi) is 3.85. The van der Waals surface area contributed by atoms with E-state index in [1.54, 1.807) is 12.1 Å². The van der Waals surface area contributed by atoms with Crippen LogP contribution in [-0.2, 0) is 18.6 Å². The van der Waals surface area contributed by atoms with Crippen LogP contribution in [-0.4, -0.2) is 20.1 Å². The van der Waals surface area contributed by atoms with E-state index in [-0.39, 0.29) is 11.3 Å². The molecule has 19 heavy (non-hydrogen) atoms. The molecule has 102 valence electrons. The Morgan fingerprint density at radius 1 is 1.16 bits per heavy atom. The third kappa shape index (κ3) is 3.79. The van der Waals surface area contributed by atoms with Crippen LogP contribution in [0.1, 0.15) is 32.0 Å². The third-order valence-corrected chi connectivity index (χ3v) is 2.80. The Bertz CT molecular complexity index is 525. The van der Waals surface area contributed by atoms with Crippen LogP contribution >= 0.6 is 0 Å². The summed E-state index contributed by atoms with van der Waals surface area (Å²) in [6.45, 7) is 7.69. The first kappa shape index (κ1) is 13.5. The van der Waals surface area contributed by atoms with Gasteiger partial charge < -0.3 is 10.4 Å². The van der Waals surface area contributed by atoms with E-state index in [2.05, 4.69) is 36.4 Å². The lowest BCUT2D eigenvalue weighted by atomic mass is 10.1. The zero-order valence-electron chi connectivity index (χ0n) is 11.6. The third-order valence-electron chi connectivity index (χ3n) is 2.80. The van der Waals surface area contributed by atoms with E-state index < -0.39 is 0 Å². The number of hydrogen-bond acceptors (Lipinski definition) is 4. The molecule has 1 aromatic heterocycles. The van der Waals surface area contributed by atoms with Crippen LogP contribution in [0.3, 0.4) is 0 Å². The Balaban J connectivity index is 1.86. The van der Waals surface area contributed by atoms with Gasteiger partial charge in [-0.25, -0.2) is 4.68 Å². The molecule has 0 amide bonds. The predicted molar refractivity (Wildman–Crippen MR) is 73.7 cm³/mol. The van der Waals surface area contributed by atoms with E-state index in [9.17, 15) is 5.11 Å². The van der Waals surface area contributed by atoms with E-state index >= 15 is 0 Å². The van der Waals surface area contributed by atoms with E-state index in [1.165, 1.54) is 0 Å². The highest BCUT2D eigenvalue weighted by Gasteiger charge is 2.14. The van der Waals surface area contributed by atoms with Crippen molar-refractivity contribution in [3.05, 3.63) is 41.7 Å². The van der Waals surface area contributed by atoms with E-state index in [1.807, 2.05) is 23.0 Å². The minimum atomic E-state index is -0.0395. The second kappa shape index (κ2) is 5.40. The first-order chi connectivity index (χ1) is 8.95. The van der Waals surface area contributed by atoms with Crippen molar-refractivity contribution in [3.8, 4) is 5.75 Å². The molecule has 0 aliphatic rings. The second-order valence-electron chi connectivity index (χ2n) is 5.60. The maximum atomic E-state index is 9.20. The maximum absolute atomic E-state index is 9.20. The van der Waals surface area contributed by atoms with Crippen LogP contribution in [0.5, 0.6) is 5.75 Å². The van der Waals surface area contributed by atoms with Crippen LogP contribution in [0.4, 0.5) is 0 Å². The zero-order valence-corrected chi connectivity index (χ0v) is 11.6. The summed E-state index contributed by atoms with van der Waals surface area (Å²) >= 11 is 0. The Hall–Kier alpha value is -1.88. The number of phenols is 1. The first-order valence-corrected chi connectivity index (χ1v) is 6.35. The van der Waals surface area contributed by atoms with Crippen molar-refractivity contribution in [2.24, 2.45) is 0 Å². The van der Waals surface area contributed by atoms with E-state index in [4.69, 9.17) is 0 Å². The number of rotatable bonds is 4. The molecule has 2 aromatic rings. The van der Waals surface area contributed by atoms with Crippen LogP contribution < -0.4 is 5.32 Å². The fourth-order valence-corrected chi connectivity index (χ4v) is 1.66. The van der Waals surface area contributed by atoms with Gasteiger partial charge in [-0.2, -0.15) is 0 Å². The smallest absolute Gasteiger partial charge is 0.115 e. The van der Waals surface area contributed by atoms with Crippen LogP contribution in [0.25, 0.3) is 0 Å². The number of benzene rings is 1. The number of aromatic nitrogens is 3. The summed E-state index contributed by atoms with van der Waals surface area (Å²) in [4.78, 5) is 0. The van der Waals surface area contributed by atoms with Gasteiger partial charge >= 0.3 is 0 Å². The highest BCUT2D eigenvalue weighted by Crippen LogP contribution is 2.12. The quantitative estimate of drug-likeness (QED) is 0.883. The highest BCUT2D eigenvalue weighted by molar-refractivity contribution is 5.25. The molecular weight excluding hydrogens is 240 g/mol. The minimum absolute atomic E-state index is 0.0395. The van der Waals surface area contributed by atoms with Gasteiger partial charge in [-0.1, -0.05) is 17.3 Å². The van der Waals surface area contributed by atoms with Crippen LogP contribution in [0, 0.1) is 0 Å². The van der Waals surface area contributed by atoms with Crippen LogP contribution in [0.2, 0.25) is 0 Å². The number of phenolic OH excluding ortho intramolecular Hbond substituents is 1. The fraction of sp³-hybridized carbons (Fsp3) is 0.429. The highest BCUT2D eigenvalue weighted by atomic mass is 16.3. The molecule has 0 aliphatic carbocycles. The van der Waals surface area contributed by atoms with Gasteiger partial charge in [-0.05, 0) is 38.5 Å². The van der Waals surface area contributed by atoms with E-state index in [0.29, 0.717) is 6.54 Å². The van der Waals surface area contributed by atoms with Gasteiger partial charge in [0.25, 0.3) is 0 Å². The molecule has 0 fully saturated rings. The summed E-state index contributed by atoms with van der Waals surface area (Å²) in [6.07, 6.45) is 1.96. The Labute approximate surface area is 113 Å². The summed E-state index contributed by atoms with van der Waals surface area (Å²) in [5.41, 5.74) is 2.01. The average molecular weight is 260 g/mol. The second-order valence-corrected chi connectivity index (χ2v) is 5.60. The topological polar surface area (TPSA) is 63.0 Å². The largest absolute Gasteiger partial charge is 0.508 e. The average Bonchev–Trinajstić information content (AvgIpc) is 2.80. The SMILES string of the molecule is CC(C)(C)n1cc(CNCc2ccc(O)cc2)nn1. The molecule has 0 bridgehead atoms. The molecule has 5 nitrogen and oxygen atoms in total. The molecule has 0 saturated heterocycles. The molecule has 1 heterocycles. The van der Waals surface area contributed by atoms with Crippen molar-refractivity contribution in [2.75, 3.05) is 0 Å². The summed E-state index contributed by atoms with van der Waals surface area (Å²) in [5, 5.41) is 20.8. The lowest BCUT2D eigenvalue weighted by Crippen LogP contribution is -2.22. The van der Waals surface area contributed by atoms with Gasteiger partial charge in [-0.3, -0.25) is 0 Å². The van der Waals surface area contributed by atoms with Crippen molar-refractivity contribution in [1.82, 2.24) is 20.3 Å². The standard InChI is InChI=1S/C14H20N4O/c1-14(2,3)18-10-12(16-17-18)9-15-8-11-4-6-13(19)7-5-11/h4-7,10,15,19H,8-9H2,1-3H3. The van der Waals surface area contributed by atoms with Gasteiger partial charge in [0.2, 0.25) is 0 Å². The number of hydrogen-bond donors (Lipinski definition) is 2. The van der Waals surface area contributed by atoms with Crippen molar-refractivity contribution < 1.29 is 5.11 Å². The molecule has 0 saturated carbocycles. The minimum Gasteiger partial charge on any atom is -0.508 e. The fourth-order valence-electron chi connectivity index (χ4n) is 1.66. The zero-order chi connectivity index (χ0) is 13.9. The lowest BCUT2D eigenvalue weighted by Gasteiger charge is -2.17. The monoisotopic (exact) mass is 260 g/mol. The van der Waals surface area contributed by atoms with Crippen molar-refractivity contribution in [2.45, 2.75) is 39.4 Å². The molecular formula is C14H20N4O. The van der Waals surface area contributed by atoms with Gasteiger partial charge in [0.1, 0.15) is 5.75 Å². The van der Waals surface area contributed by atoms with Gasteiger partial charge in [0.15, 0.2) is 0 Å². The summed E-state index contributed by atoms with van der Waals surface area (Å²) in [7, 11) is 0. The Morgan fingerprint density at radius 2 is 1.84 bits per heavy atom. The molecule has 0 spiro atoms. The number of aromatic hydroxyl groups is 1. The van der Waals surface area contributed by atoms with Gasteiger partial charge in [0, 0.05) is 13.1 Å². The molecule has 2 N–H and O–H groups in total. The molecule has 0 radical (unpaired) electrons. The molecule has 0 atom stereocenters. The number of nitrogens with zero attached hydrogens (tertiary/aromatic N) is 3. The summed E-state index contributed by atoms with van der Waals surface area (Å²) < 4.78 is 1.87. The van der Waals surface area contributed by atoms with Crippen molar-refractivity contribution in [1.29, 1.82) is 0 Å². The van der Waals surface area contributed by atoms with Gasteiger partial charge in [-0.15, -0.1) is 5.10 Å².